The number of benzene rings is 16. The van der Waals surface area contributed by atoms with Gasteiger partial charge in [-0.1, -0.05) is 291 Å². The fraction of sp³-hybridized carbons (Fsp3) is 0. The van der Waals surface area contributed by atoms with Crippen LogP contribution in [-0.2, 0) is 0 Å². The largest absolute Gasteiger partial charge is 0.309 e. The van der Waals surface area contributed by atoms with Crippen molar-refractivity contribution in [2.24, 2.45) is 0 Å². The van der Waals surface area contributed by atoms with Crippen LogP contribution in [0.3, 0.4) is 0 Å². The summed E-state index contributed by atoms with van der Waals surface area (Å²) in [5, 5.41) is 7.50. The molecule has 0 radical (unpaired) electrons. The Kier molecular flexibility index (Phi) is 14.0. The van der Waals surface area contributed by atoms with Crippen molar-refractivity contribution in [3.63, 3.8) is 0 Å². The number of hydrogen-bond acceptors (Lipinski definition) is 2. The number of anilines is 6. The average molecular weight is 1150 g/mol. The Balaban J connectivity index is 0.809. The van der Waals surface area contributed by atoms with Gasteiger partial charge in [0.25, 0.3) is 0 Å². The summed E-state index contributed by atoms with van der Waals surface area (Å²) in [7, 11) is 0. The summed E-state index contributed by atoms with van der Waals surface area (Å²) in [6.07, 6.45) is 0. The van der Waals surface area contributed by atoms with Crippen molar-refractivity contribution in [1.82, 2.24) is 0 Å². The van der Waals surface area contributed by atoms with E-state index in [2.05, 4.69) is 374 Å². The Morgan fingerprint density at radius 2 is 0.389 bits per heavy atom. The summed E-state index contributed by atoms with van der Waals surface area (Å²) in [4.78, 5) is 4.90. The molecule has 0 bridgehead atoms. The molecule has 0 amide bonds. The topological polar surface area (TPSA) is 6.48 Å². The third-order valence-electron chi connectivity index (χ3n) is 17.8. The normalized spacial score (nSPS) is 11.3. The second-order valence-corrected chi connectivity index (χ2v) is 23.1. The fourth-order valence-electron chi connectivity index (χ4n) is 13.5. The number of nitrogens with zero attached hydrogens (tertiary/aromatic N) is 2. The lowest BCUT2D eigenvalue weighted by Crippen LogP contribution is -2.13. The molecule has 90 heavy (non-hydrogen) atoms. The predicted octanol–water partition coefficient (Wildman–Crippen LogP) is 24.9. The molecular formula is C88H60N2. The van der Waals surface area contributed by atoms with Gasteiger partial charge in [-0.3, -0.25) is 0 Å². The van der Waals surface area contributed by atoms with Crippen LogP contribution in [0.15, 0.2) is 364 Å². The van der Waals surface area contributed by atoms with Gasteiger partial charge >= 0.3 is 0 Å². The second kappa shape index (κ2) is 23.4. The zero-order chi connectivity index (χ0) is 59.7. The molecule has 0 atom stereocenters. The highest BCUT2D eigenvalue weighted by molar-refractivity contribution is 6.27. The van der Waals surface area contributed by atoms with Gasteiger partial charge in [0.2, 0.25) is 0 Å². The standard InChI is InChI=1S/C88H60N2/c1-9-25-61(26-10-1)71-57-81(63-29-13-3-14-30-63)87(82(58-71)64-31-15-4-16-32-64)89(73-37-21-7-22-38-73)75-49-41-67(42-50-75)77-53-45-69-48-56-80-78(54-46-70-47-55-79(77)85(69)86(70)80)68-43-51-76(52-44-68)90(74-39-23-8-24-40-74)88-83(65-33-17-5-18-34-65)59-72(62-27-11-2-12-28-62)60-84(88)66-35-19-6-20-36-66/h1-60H. The molecule has 0 spiro atoms. The van der Waals surface area contributed by atoms with Crippen molar-refractivity contribution in [3.8, 4) is 89.0 Å². The van der Waals surface area contributed by atoms with Gasteiger partial charge in [0.1, 0.15) is 0 Å². The molecule has 16 aromatic carbocycles. The Morgan fingerprint density at radius 3 is 0.678 bits per heavy atom. The van der Waals surface area contributed by atoms with Gasteiger partial charge in [-0.25, -0.2) is 0 Å². The quantitative estimate of drug-likeness (QED) is 0.100. The first-order valence-corrected chi connectivity index (χ1v) is 31.0. The first-order valence-electron chi connectivity index (χ1n) is 31.0. The molecule has 0 unspecified atom stereocenters. The maximum absolute atomic E-state index is 2.45. The molecule has 0 aliphatic heterocycles. The van der Waals surface area contributed by atoms with E-state index in [1.807, 2.05) is 0 Å². The lowest BCUT2D eigenvalue weighted by molar-refractivity contribution is 1.28. The van der Waals surface area contributed by atoms with Crippen LogP contribution < -0.4 is 9.80 Å². The summed E-state index contributed by atoms with van der Waals surface area (Å²) >= 11 is 0. The van der Waals surface area contributed by atoms with Crippen molar-refractivity contribution in [2.45, 2.75) is 0 Å². The first-order chi connectivity index (χ1) is 44.7. The Labute approximate surface area is 526 Å². The summed E-state index contributed by atoms with van der Waals surface area (Å²) in [5.74, 6) is 0. The van der Waals surface area contributed by atoms with E-state index in [0.29, 0.717) is 0 Å². The summed E-state index contributed by atoms with van der Waals surface area (Å²) in [6, 6.07) is 133. The molecular weight excluding hydrogens is 1080 g/mol. The molecule has 2 nitrogen and oxygen atoms in total. The van der Waals surface area contributed by atoms with Gasteiger partial charge in [-0.2, -0.15) is 0 Å². The second-order valence-electron chi connectivity index (χ2n) is 23.1. The van der Waals surface area contributed by atoms with E-state index < -0.39 is 0 Å². The van der Waals surface area contributed by atoms with Gasteiger partial charge in [0.15, 0.2) is 0 Å². The van der Waals surface area contributed by atoms with E-state index in [4.69, 9.17) is 0 Å². The highest BCUT2D eigenvalue weighted by Crippen LogP contribution is 2.52. The molecule has 0 saturated carbocycles. The third-order valence-corrected chi connectivity index (χ3v) is 17.8. The molecule has 0 N–H and O–H groups in total. The van der Waals surface area contributed by atoms with Crippen LogP contribution in [0.2, 0.25) is 0 Å². The minimum Gasteiger partial charge on any atom is -0.309 e. The van der Waals surface area contributed by atoms with Gasteiger partial charge in [0.05, 0.1) is 11.4 Å². The summed E-state index contributed by atoms with van der Waals surface area (Å²) in [5.41, 5.74) is 25.2. The van der Waals surface area contributed by atoms with E-state index >= 15 is 0 Å². The molecule has 0 saturated heterocycles. The zero-order valence-corrected chi connectivity index (χ0v) is 49.5. The van der Waals surface area contributed by atoms with Crippen molar-refractivity contribution in [3.05, 3.63) is 364 Å². The molecule has 16 aromatic rings. The van der Waals surface area contributed by atoms with Crippen molar-refractivity contribution in [1.29, 1.82) is 0 Å². The summed E-state index contributed by atoms with van der Waals surface area (Å²) in [6.45, 7) is 0. The monoisotopic (exact) mass is 1140 g/mol. The molecule has 2 heteroatoms. The van der Waals surface area contributed by atoms with E-state index in [0.717, 1.165) is 89.8 Å². The smallest absolute Gasteiger partial charge is 0.0618 e. The molecule has 16 rings (SSSR count). The van der Waals surface area contributed by atoms with Crippen LogP contribution in [0.25, 0.3) is 121 Å². The van der Waals surface area contributed by atoms with E-state index in [-0.39, 0.29) is 0 Å². The van der Waals surface area contributed by atoms with Crippen LogP contribution >= 0.6 is 0 Å². The van der Waals surface area contributed by atoms with E-state index in [9.17, 15) is 0 Å². The van der Waals surface area contributed by atoms with Gasteiger partial charge in [-0.15, -0.1) is 0 Å². The third kappa shape index (κ3) is 9.93. The summed E-state index contributed by atoms with van der Waals surface area (Å²) < 4.78 is 0. The first kappa shape index (κ1) is 53.6. The Morgan fingerprint density at radius 1 is 0.156 bits per heavy atom. The predicted molar refractivity (Wildman–Crippen MR) is 383 cm³/mol. The van der Waals surface area contributed by atoms with Crippen LogP contribution in [0.4, 0.5) is 34.1 Å². The SMILES string of the molecule is c1ccc(-c2cc(-c3ccccc3)c(N(c3ccccc3)c3ccc(-c4ccc5ccc6c(-c7ccc(N(c8ccccc8)c8c(-c9ccccc9)cc(-c9ccccc9)cc8-c8ccccc8)cc7)ccc7ccc4c5c76)cc3)c(-c3ccccc3)c2)cc1. The van der Waals surface area contributed by atoms with Gasteiger partial charge in [0, 0.05) is 45.0 Å². The lowest BCUT2D eigenvalue weighted by Gasteiger charge is -2.31. The lowest BCUT2D eigenvalue weighted by atomic mass is 9.87. The molecule has 0 aromatic heterocycles. The maximum atomic E-state index is 2.45. The number of para-hydroxylation sites is 2. The van der Waals surface area contributed by atoms with Gasteiger partial charge in [-0.05, 0) is 172 Å². The van der Waals surface area contributed by atoms with Crippen LogP contribution in [0.1, 0.15) is 0 Å². The van der Waals surface area contributed by atoms with Crippen LogP contribution in [0.5, 0.6) is 0 Å². The molecule has 422 valence electrons. The highest BCUT2D eigenvalue weighted by Gasteiger charge is 2.26. The fourth-order valence-corrected chi connectivity index (χ4v) is 13.5. The van der Waals surface area contributed by atoms with Gasteiger partial charge < -0.3 is 9.80 Å². The molecule has 0 heterocycles. The van der Waals surface area contributed by atoms with Crippen molar-refractivity contribution < 1.29 is 0 Å². The van der Waals surface area contributed by atoms with Crippen LogP contribution in [-0.4, -0.2) is 0 Å². The molecule has 0 fully saturated rings. The Bertz CT molecular complexity index is 4700. The number of hydrogen-bond donors (Lipinski definition) is 0. The Hall–Kier alpha value is -11.8. The zero-order valence-electron chi connectivity index (χ0n) is 49.5. The highest BCUT2D eigenvalue weighted by atomic mass is 15.2. The van der Waals surface area contributed by atoms with Crippen molar-refractivity contribution >= 4 is 66.4 Å². The van der Waals surface area contributed by atoms with E-state index in [1.54, 1.807) is 0 Å². The molecule has 0 aliphatic carbocycles. The van der Waals surface area contributed by atoms with Crippen LogP contribution in [0, 0.1) is 0 Å². The minimum absolute atomic E-state index is 1.07. The minimum atomic E-state index is 1.07. The number of rotatable bonds is 14. The van der Waals surface area contributed by atoms with E-state index in [1.165, 1.54) is 65.7 Å². The van der Waals surface area contributed by atoms with Crippen molar-refractivity contribution in [2.75, 3.05) is 9.80 Å². The molecule has 0 aliphatic rings. The maximum Gasteiger partial charge on any atom is 0.0618 e. The average Bonchev–Trinajstić information content (AvgIpc) is 0.787.